The average Bonchev–Trinajstić information content (AvgIpc) is 3.38. The number of carbonyl (C=O) groups excluding carboxylic acids is 2. The van der Waals surface area contributed by atoms with E-state index in [0.717, 1.165) is 24.3 Å². The van der Waals surface area contributed by atoms with Gasteiger partial charge in [-0.2, -0.15) is 4.39 Å². The van der Waals surface area contributed by atoms with Crippen LogP contribution in [0.4, 0.5) is 19.6 Å². The van der Waals surface area contributed by atoms with Crippen molar-refractivity contribution in [1.29, 1.82) is 0 Å². The number of anilines is 2. The van der Waals surface area contributed by atoms with Gasteiger partial charge in [-0.25, -0.2) is 9.37 Å². The normalized spacial score (nSPS) is 18.2. The lowest BCUT2D eigenvalue weighted by Gasteiger charge is -2.26. The maximum Gasteiger partial charge on any atom is 0.249 e. The summed E-state index contributed by atoms with van der Waals surface area (Å²) in [5.74, 6) is -2.96. The van der Waals surface area contributed by atoms with Gasteiger partial charge in [0.1, 0.15) is 12.6 Å². The number of thiazole rings is 1. The Morgan fingerprint density at radius 1 is 1.19 bits per heavy atom. The highest BCUT2D eigenvalue weighted by atomic mass is 32.1. The van der Waals surface area contributed by atoms with Gasteiger partial charge in [0, 0.05) is 36.1 Å². The summed E-state index contributed by atoms with van der Waals surface area (Å²) in [6.45, 7) is 2.64. The molecule has 5 rings (SSSR count). The van der Waals surface area contributed by atoms with Crippen molar-refractivity contribution < 1.29 is 27.8 Å². The average molecular weight is 515 g/mol. The Labute approximate surface area is 210 Å². The van der Waals surface area contributed by atoms with Crippen LogP contribution in [-0.4, -0.2) is 49.1 Å². The fourth-order valence-corrected chi connectivity index (χ4v) is 4.98. The summed E-state index contributed by atoms with van der Waals surface area (Å²) < 4.78 is 40.1. The number of nitrogens with zero attached hydrogens (tertiary/aromatic N) is 2. The summed E-state index contributed by atoms with van der Waals surface area (Å²) in [7, 11) is 0. The van der Waals surface area contributed by atoms with Gasteiger partial charge < -0.3 is 19.7 Å². The minimum absolute atomic E-state index is 0.0291. The molecule has 2 amide bonds. The zero-order chi connectivity index (χ0) is 25.1. The fraction of sp³-hybridized carbons (Fsp3) is 0.320. The molecule has 1 unspecified atom stereocenters. The van der Waals surface area contributed by atoms with Crippen LogP contribution in [0.15, 0.2) is 41.8 Å². The van der Waals surface area contributed by atoms with Gasteiger partial charge in [0.2, 0.25) is 17.6 Å². The summed E-state index contributed by atoms with van der Waals surface area (Å²) in [6, 6.07) is 9.10. The van der Waals surface area contributed by atoms with Crippen LogP contribution >= 0.6 is 11.3 Å². The summed E-state index contributed by atoms with van der Waals surface area (Å²) in [6.07, 6.45) is 0.654. The highest BCUT2D eigenvalue weighted by molar-refractivity contribution is 7.14. The van der Waals surface area contributed by atoms with E-state index in [1.165, 1.54) is 17.4 Å². The lowest BCUT2D eigenvalue weighted by molar-refractivity contribution is -0.133. The molecule has 8 nitrogen and oxygen atoms in total. The number of piperidine rings is 1. The Balaban J connectivity index is 1.32. The lowest BCUT2D eigenvalue weighted by atomic mass is 10.1. The molecule has 2 aliphatic heterocycles. The number of ether oxygens (including phenoxy) is 2. The van der Waals surface area contributed by atoms with Crippen LogP contribution in [0.2, 0.25) is 0 Å². The Morgan fingerprint density at radius 2 is 2.03 bits per heavy atom. The number of aromatic nitrogens is 1. The number of imide groups is 1. The van der Waals surface area contributed by atoms with Gasteiger partial charge in [0.05, 0.1) is 18.9 Å². The van der Waals surface area contributed by atoms with E-state index < -0.39 is 17.7 Å². The molecule has 2 aliphatic rings. The molecule has 0 saturated carbocycles. The Bertz CT molecular complexity index is 1280. The standard InChI is InChI=1S/C25H24F2N4O4S/c26-18-5-4-17(20-14-36-25(29-20)31-8-10-34-11-9-31)23(22(18)27)35-13-15-2-1-3-16(12-15)28-19-6-7-21(32)30-24(19)33/h1-5,12,14,19,28H,6-11,13H2,(H,30,32,33). The molecule has 0 aliphatic carbocycles. The number of nitrogens with one attached hydrogen (secondary N) is 2. The summed E-state index contributed by atoms with van der Waals surface area (Å²) >= 11 is 1.43. The van der Waals surface area contributed by atoms with Crippen LogP contribution < -0.4 is 20.3 Å². The van der Waals surface area contributed by atoms with Gasteiger partial charge >= 0.3 is 0 Å². The van der Waals surface area contributed by atoms with E-state index in [0.29, 0.717) is 42.1 Å². The summed E-state index contributed by atoms with van der Waals surface area (Å²) in [4.78, 5) is 30.1. The van der Waals surface area contributed by atoms with Gasteiger partial charge in [0.15, 0.2) is 16.7 Å². The van der Waals surface area contributed by atoms with Crippen molar-refractivity contribution in [3.8, 4) is 17.0 Å². The molecule has 0 spiro atoms. The molecule has 3 aromatic rings. The third-order valence-corrected chi connectivity index (χ3v) is 6.89. The molecule has 11 heteroatoms. The van der Waals surface area contributed by atoms with Gasteiger partial charge in [-0.1, -0.05) is 12.1 Å². The van der Waals surface area contributed by atoms with E-state index in [9.17, 15) is 18.4 Å². The molecular formula is C25H24F2N4O4S. The topological polar surface area (TPSA) is 92.8 Å². The highest BCUT2D eigenvalue weighted by Crippen LogP contribution is 2.37. The molecular weight excluding hydrogens is 490 g/mol. The molecule has 1 aromatic heterocycles. The minimum atomic E-state index is -1.08. The van der Waals surface area contributed by atoms with Crippen molar-refractivity contribution >= 4 is 34.0 Å². The second kappa shape index (κ2) is 10.6. The quantitative estimate of drug-likeness (QED) is 0.465. The van der Waals surface area contributed by atoms with E-state index in [1.807, 2.05) is 0 Å². The monoisotopic (exact) mass is 514 g/mol. The van der Waals surface area contributed by atoms with Crippen LogP contribution in [0.1, 0.15) is 18.4 Å². The number of morpholine rings is 1. The number of benzene rings is 2. The fourth-order valence-electron chi connectivity index (χ4n) is 4.10. The SMILES string of the molecule is O=C1CCC(Nc2cccc(COc3c(-c4csc(N5CCOCC5)n4)ccc(F)c3F)c2)C(=O)N1. The molecule has 188 valence electrons. The highest BCUT2D eigenvalue weighted by Gasteiger charge is 2.26. The van der Waals surface area contributed by atoms with Crippen molar-refractivity contribution in [3.63, 3.8) is 0 Å². The number of hydrogen-bond acceptors (Lipinski definition) is 8. The largest absolute Gasteiger partial charge is 0.485 e. The molecule has 2 N–H and O–H groups in total. The van der Waals surface area contributed by atoms with Crippen molar-refractivity contribution in [2.75, 3.05) is 36.5 Å². The minimum Gasteiger partial charge on any atom is -0.485 e. The summed E-state index contributed by atoms with van der Waals surface area (Å²) in [5.41, 5.74) is 2.21. The molecule has 0 radical (unpaired) electrons. The zero-order valence-corrected chi connectivity index (χ0v) is 20.1. The molecule has 1 atom stereocenters. The summed E-state index contributed by atoms with van der Waals surface area (Å²) in [5, 5.41) is 8.00. The van der Waals surface area contributed by atoms with Crippen molar-refractivity contribution in [1.82, 2.24) is 10.3 Å². The van der Waals surface area contributed by atoms with Crippen molar-refractivity contribution in [2.45, 2.75) is 25.5 Å². The molecule has 0 bridgehead atoms. The van der Waals surface area contributed by atoms with Crippen LogP contribution in [0, 0.1) is 11.6 Å². The molecule has 36 heavy (non-hydrogen) atoms. The van der Waals surface area contributed by atoms with E-state index >= 15 is 0 Å². The van der Waals surface area contributed by atoms with Crippen molar-refractivity contribution in [2.24, 2.45) is 0 Å². The molecule has 2 saturated heterocycles. The smallest absolute Gasteiger partial charge is 0.249 e. The second-order valence-corrected chi connectivity index (χ2v) is 9.33. The zero-order valence-electron chi connectivity index (χ0n) is 19.3. The second-order valence-electron chi connectivity index (χ2n) is 8.49. The maximum absolute atomic E-state index is 14.8. The van der Waals surface area contributed by atoms with E-state index in [2.05, 4.69) is 20.5 Å². The Hall–Kier alpha value is -3.57. The van der Waals surface area contributed by atoms with Crippen LogP contribution in [0.3, 0.4) is 0 Å². The first-order valence-electron chi connectivity index (χ1n) is 11.6. The number of rotatable bonds is 7. The number of halogens is 2. The Kier molecular flexibility index (Phi) is 7.10. The third-order valence-electron chi connectivity index (χ3n) is 5.99. The molecule has 3 heterocycles. The number of hydrogen-bond donors (Lipinski definition) is 2. The van der Waals surface area contributed by atoms with Crippen LogP contribution in [-0.2, 0) is 20.9 Å². The van der Waals surface area contributed by atoms with Crippen LogP contribution in [0.5, 0.6) is 5.75 Å². The third kappa shape index (κ3) is 5.31. The molecule has 2 aromatic carbocycles. The van der Waals surface area contributed by atoms with E-state index in [-0.39, 0.29) is 30.6 Å². The van der Waals surface area contributed by atoms with Crippen LogP contribution in [0.25, 0.3) is 11.3 Å². The Morgan fingerprint density at radius 3 is 2.83 bits per heavy atom. The predicted octanol–water partition coefficient (Wildman–Crippen LogP) is 3.72. The van der Waals surface area contributed by atoms with Gasteiger partial charge in [-0.3, -0.25) is 14.9 Å². The van der Waals surface area contributed by atoms with Gasteiger partial charge in [-0.15, -0.1) is 11.3 Å². The van der Waals surface area contributed by atoms with Gasteiger partial charge in [-0.05, 0) is 36.2 Å². The van der Waals surface area contributed by atoms with E-state index in [4.69, 9.17) is 9.47 Å². The van der Waals surface area contributed by atoms with E-state index in [1.54, 1.807) is 29.6 Å². The van der Waals surface area contributed by atoms with Crippen molar-refractivity contribution in [3.05, 3.63) is 59.0 Å². The first-order chi connectivity index (χ1) is 17.5. The predicted molar refractivity (Wildman–Crippen MR) is 131 cm³/mol. The number of amides is 2. The van der Waals surface area contributed by atoms with Gasteiger partial charge in [0.25, 0.3) is 0 Å². The first kappa shape index (κ1) is 24.1. The maximum atomic E-state index is 14.8. The number of carbonyl (C=O) groups is 2. The lowest BCUT2D eigenvalue weighted by Crippen LogP contribution is -2.47. The first-order valence-corrected chi connectivity index (χ1v) is 12.4. The molecule has 2 fully saturated rings.